The van der Waals surface area contributed by atoms with Crippen LogP contribution >= 0.6 is 0 Å². The maximum atomic E-state index is 11.9. The van der Waals surface area contributed by atoms with Gasteiger partial charge in [0, 0.05) is 12.8 Å². The fourth-order valence-electron chi connectivity index (χ4n) is 3.94. The molecular weight excluding hydrogens is 344 g/mol. The second kappa shape index (κ2) is 22.9. The number of carbonyl (C=O) groups is 1. The molecule has 0 aromatic carbocycles. The monoisotopic (exact) mass is 396 g/mol. The third-order valence-electron chi connectivity index (χ3n) is 5.94. The molecule has 0 spiro atoms. The first kappa shape index (κ1) is 27.6. The number of unbranched alkanes of at least 4 members (excludes halogenated alkanes) is 15. The molecule has 168 valence electrons. The third kappa shape index (κ3) is 21.9. The molecule has 0 fully saturated rings. The van der Waals surface area contributed by atoms with E-state index in [0.29, 0.717) is 12.2 Å². The van der Waals surface area contributed by atoms with Gasteiger partial charge in [0.15, 0.2) is 0 Å². The van der Waals surface area contributed by atoms with Gasteiger partial charge >= 0.3 is 0 Å². The molecule has 0 aromatic rings. The van der Waals surface area contributed by atoms with E-state index in [0.717, 1.165) is 44.9 Å². The molecule has 0 saturated carbocycles. The van der Waals surface area contributed by atoms with Crippen LogP contribution in [0.15, 0.2) is 0 Å². The highest BCUT2D eigenvalue weighted by molar-refractivity contribution is 5.78. The molecule has 0 aromatic heterocycles. The SMILES string of the molecule is CCCCCCCCCCCCCCCCCC(=O)CCCC(O)CCCC. The average molecular weight is 397 g/mol. The summed E-state index contributed by atoms with van der Waals surface area (Å²) in [7, 11) is 0. The molecule has 0 amide bonds. The summed E-state index contributed by atoms with van der Waals surface area (Å²) < 4.78 is 0. The molecule has 0 aliphatic rings. The van der Waals surface area contributed by atoms with Gasteiger partial charge in [-0.25, -0.2) is 0 Å². The first-order valence-electron chi connectivity index (χ1n) is 12.9. The largest absolute Gasteiger partial charge is 0.393 e. The van der Waals surface area contributed by atoms with Gasteiger partial charge in [0.05, 0.1) is 6.10 Å². The topological polar surface area (TPSA) is 37.3 Å². The predicted molar refractivity (Wildman–Crippen MR) is 124 cm³/mol. The number of Topliss-reactive ketones (excluding diaryl/α,β-unsaturated/α-hetero) is 1. The lowest BCUT2D eigenvalue weighted by atomic mass is 10.0. The normalized spacial score (nSPS) is 12.4. The molecule has 0 aliphatic heterocycles. The van der Waals surface area contributed by atoms with E-state index in [-0.39, 0.29) is 6.10 Å². The Hall–Kier alpha value is -0.370. The molecular formula is C26H52O2. The molecule has 1 N–H and O–H groups in total. The van der Waals surface area contributed by atoms with Crippen LogP contribution in [0.25, 0.3) is 0 Å². The number of ketones is 1. The summed E-state index contributed by atoms with van der Waals surface area (Å²) in [4.78, 5) is 11.9. The minimum Gasteiger partial charge on any atom is -0.393 e. The van der Waals surface area contributed by atoms with Crippen molar-refractivity contribution in [2.75, 3.05) is 0 Å². The summed E-state index contributed by atoms with van der Waals surface area (Å²) in [5, 5.41) is 9.80. The Kier molecular flexibility index (Phi) is 22.6. The van der Waals surface area contributed by atoms with Gasteiger partial charge in [-0.05, 0) is 25.7 Å². The van der Waals surface area contributed by atoms with Crippen molar-refractivity contribution in [2.24, 2.45) is 0 Å². The first-order chi connectivity index (χ1) is 13.7. The van der Waals surface area contributed by atoms with Crippen LogP contribution < -0.4 is 0 Å². The number of aliphatic hydroxyl groups is 1. The lowest BCUT2D eigenvalue weighted by Gasteiger charge is -2.09. The van der Waals surface area contributed by atoms with E-state index < -0.39 is 0 Å². The highest BCUT2D eigenvalue weighted by atomic mass is 16.3. The smallest absolute Gasteiger partial charge is 0.132 e. The number of hydrogen-bond donors (Lipinski definition) is 1. The van der Waals surface area contributed by atoms with Crippen molar-refractivity contribution in [3.8, 4) is 0 Å². The molecule has 0 radical (unpaired) electrons. The molecule has 1 unspecified atom stereocenters. The van der Waals surface area contributed by atoms with E-state index >= 15 is 0 Å². The van der Waals surface area contributed by atoms with Crippen LogP contribution in [-0.2, 0) is 4.79 Å². The van der Waals surface area contributed by atoms with Gasteiger partial charge in [-0.2, -0.15) is 0 Å². The molecule has 2 heteroatoms. The van der Waals surface area contributed by atoms with Crippen molar-refractivity contribution in [3.05, 3.63) is 0 Å². The summed E-state index contributed by atoms with van der Waals surface area (Å²) in [5.74, 6) is 0.400. The average Bonchev–Trinajstić information content (AvgIpc) is 2.69. The van der Waals surface area contributed by atoms with E-state index in [1.807, 2.05) is 0 Å². The zero-order valence-corrected chi connectivity index (χ0v) is 19.5. The van der Waals surface area contributed by atoms with E-state index in [1.54, 1.807) is 0 Å². The fourth-order valence-corrected chi connectivity index (χ4v) is 3.94. The Balaban J connectivity index is 3.19. The minimum absolute atomic E-state index is 0.196. The van der Waals surface area contributed by atoms with Crippen LogP contribution in [-0.4, -0.2) is 17.0 Å². The van der Waals surface area contributed by atoms with Crippen molar-refractivity contribution in [3.63, 3.8) is 0 Å². The maximum Gasteiger partial charge on any atom is 0.132 e. The Bertz CT molecular complexity index is 314. The Morgan fingerprint density at radius 2 is 0.893 bits per heavy atom. The van der Waals surface area contributed by atoms with E-state index in [4.69, 9.17) is 0 Å². The highest BCUT2D eigenvalue weighted by Gasteiger charge is 2.06. The van der Waals surface area contributed by atoms with Crippen molar-refractivity contribution in [2.45, 2.75) is 161 Å². The number of rotatable bonds is 23. The molecule has 0 heterocycles. The molecule has 0 bridgehead atoms. The zero-order valence-electron chi connectivity index (χ0n) is 19.5. The Morgan fingerprint density at radius 1 is 0.536 bits per heavy atom. The predicted octanol–water partition coefficient (Wildman–Crippen LogP) is 8.54. The molecule has 0 saturated heterocycles. The van der Waals surface area contributed by atoms with Crippen LogP contribution in [0.5, 0.6) is 0 Å². The van der Waals surface area contributed by atoms with Gasteiger partial charge in [0.25, 0.3) is 0 Å². The maximum absolute atomic E-state index is 11.9. The van der Waals surface area contributed by atoms with Gasteiger partial charge in [0.2, 0.25) is 0 Å². The molecule has 28 heavy (non-hydrogen) atoms. The summed E-state index contributed by atoms with van der Waals surface area (Å²) in [5.41, 5.74) is 0. The van der Waals surface area contributed by atoms with Crippen molar-refractivity contribution < 1.29 is 9.90 Å². The summed E-state index contributed by atoms with van der Waals surface area (Å²) >= 11 is 0. The molecule has 1 atom stereocenters. The molecule has 0 aliphatic carbocycles. The van der Waals surface area contributed by atoms with Crippen molar-refractivity contribution in [1.82, 2.24) is 0 Å². The standard InChI is InChI=1S/C26H52O2/c1-3-5-7-8-9-10-11-12-13-14-15-16-17-18-19-22-26(28)24-20-23-25(27)21-6-4-2/h25,27H,3-24H2,1-2H3. The number of carbonyl (C=O) groups excluding carboxylic acids is 1. The van der Waals surface area contributed by atoms with Crippen LogP contribution in [0.4, 0.5) is 0 Å². The van der Waals surface area contributed by atoms with E-state index in [1.165, 1.54) is 89.9 Å². The zero-order chi connectivity index (χ0) is 20.7. The van der Waals surface area contributed by atoms with Gasteiger partial charge < -0.3 is 5.11 Å². The summed E-state index contributed by atoms with van der Waals surface area (Å²) in [6.45, 7) is 4.43. The van der Waals surface area contributed by atoms with E-state index in [9.17, 15) is 9.90 Å². The van der Waals surface area contributed by atoms with Crippen LogP contribution in [0.3, 0.4) is 0 Å². The van der Waals surface area contributed by atoms with Crippen molar-refractivity contribution >= 4 is 5.78 Å². The van der Waals surface area contributed by atoms with Crippen LogP contribution in [0, 0.1) is 0 Å². The van der Waals surface area contributed by atoms with Gasteiger partial charge in [-0.1, -0.05) is 117 Å². The van der Waals surface area contributed by atoms with Crippen molar-refractivity contribution in [1.29, 1.82) is 0 Å². The van der Waals surface area contributed by atoms with Crippen LogP contribution in [0.2, 0.25) is 0 Å². The quantitative estimate of drug-likeness (QED) is 0.176. The summed E-state index contributed by atoms with van der Waals surface area (Å²) in [6.07, 6.45) is 26.5. The van der Waals surface area contributed by atoms with Crippen LogP contribution in [0.1, 0.15) is 155 Å². The second-order valence-corrected chi connectivity index (χ2v) is 8.93. The Morgan fingerprint density at radius 3 is 1.36 bits per heavy atom. The van der Waals surface area contributed by atoms with Gasteiger partial charge in [-0.15, -0.1) is 0 Å². The molecule has 0 rings (SSSR count). The summed E-state index contributed by atoms with van der Waals surface area (Å²) in [6, 6.07) is 0. The first-order valence-corrected chi connectivity index (χ1v) is 12.9. The second-order valence-electron chi connectivity index (χ2n) is 8.93. The van der Waals surface area contributed by atoms with Gasteiger partial charge in [0.1, 0.15) is 5.78 Å². The Labute approximate surface area is 177 Å². The van der Waals surface area contributed by atoms with Gasteiger partial charge in [-0.3, -0.25) is 4.79 Å². The number of hydrogen-bond acceptors (Lipinski definition) is 2. The number of aliphatic hydroxyl groups excluding tert-OH is 1. The third-order valence-corrected chi connectivity index (χ3v) is 5.94. The van der Waals surface area contributed by atoms with E-state index in [2.05, 4.69) is 13.8 Å². The minimum atomic E-state index is -0.196. The molecule has 2 nitrogen and oxygen atoms in total. The lowest BCUT2D eigenvalue weighted by Crippen LogP contribution is -2.07. The lowest BCUT2D eigenvalue weighted by molar-refractivity contribution is -0.119. The fraction of sp³-hybridized carbons (Fsp3) is 0.962. The highest BCUT2D eigenvalue weighted by Crippen LogP contribution is 2.14.